The van der Waals surface area contributed by atoms with Crippen molar-refractivity contribution in [3.8, 4) is 11.3 Å². The van der Waals surface area contributed by atoms with Gasteiger partial charge in [0.05, 0.1) is 18.8 Å². The first-order valence-electron chi connectivity index (χ1n) is 8.21. The Bertz CT molecular complexity index is 830. The van der Waals surface area contributed by atoms with Crippen LogP contribution in [0, 0.1) is 0 Å². The van der Waals surface area contributed by atoms with E-state index in [1.807, 2.05) is 6.07 Å². The normalized spacial score (nSPS) is 16.4. The SMILES string of the molecule is CCOC(=O)c1c2c(nn1CC1(N)CC1)-c1cc(Cl)ncc1CC2.Cl. The Morgan fingerprint density at radius 2 is 2.20 bits per heavy atom. The van der Waals surface area contributed by atoms with Crippen LogP contribution in [-0.2, 0) is 24.1 Å². The van der Waals surface area contributed by atoms with Gasteiger partial charge < -0.3 is 10.5 Å². The summed E-state index contributed by atoms with van der Waals surface area (Å²) in [4.78, 5) is 16.7. The summed E-state index contributed by atoms with van der Waals surface area (Å²) in [5.41, 5.74) is 10.3. The minimum Gasteiger partial charge on any atom is -0.461 e. The molecule has 0 radical (unpaired) electrons. The molecule has 25 heavy (non-hydrogen) atoms. The summed E-state index contributed by atoms with van der Waals surface area (Å²) in [7, 11) is 0. The molecule has 4 rings (SSSR count). The monoisotopic (exact) mass is 382 g/mol. The van der Waals surface area contributed by atoms with E-state index < -0.39 is 0 Å². The first kappa shape index (κ1) is 18.2. The minimum absolute atomic E-state index is 0. The fraction of sp³-hybridized carbons (Fsp3) is 0.471. The van der Waals surface area contributed by atoms with E-state index in [4.69, 9.17) is 27.2 Å². The van der Waals surface area contributed by atoms with Crippen LogP contribution in [0.3, 0.4) is 0 Å². The van der Waals surface area contributed by atoms with E-state index in [1.165, 1.54) is 0 Å². The van der Waals surface area contributed by atoms with Crippen molar-refractivity contribution in [2.24, 2.45) is 5.73 Å². The van der Waals surface area contributed by atoms with E-state index in [0.29, 0.717) is 24.0 Å². The van der Waals surface area contributed by atoms with Gasteiger partial charge >= 0.3 is 5.97 Å². The van der Waals surface area contributed by atoms with Crippen molar-refractivity contribution in [2.75, 3.05) is 6.61 Å². The zero-order valence-corrected chi connectivity index (χ0v) is 15.5. The Balaban J connectivity index is 0.00000182. The second-order valence-electron chi connectivity index (χ2n) is 6.58. The third-order valence-electron chi connectivity index (χ3n) is 4.73. The van der Waals surface area contributed by atoms with Crippen LogP contribution in [0.2, 0.25) is 5.15 Å². The maximum atomic E-state index is 12.5. The molecule has 0 aromatic carbocycles. The summed E-state index contributed by atoms with van der Waals surface area (Å²) in [5, 5.41) is 5.13. The first-order valence-corrected chi connectivity index (χ1v) is 8.59. The largest absolute Gasteiger partial charge is 0.461 e. The number of hydrogen-bond acceptors (Lipinski definition) is 5. The molecule has 1 fully saturated rings. The van der Waals surface area contributed by atoms with Crippen LogP contribution in [0.5, 0.6) is 0 Å². The molecule has 2 aliphatic rings. The molecule has 2 aromatic heterocycles. The van der Waals surface area contributed by atoms with Gasteiger partial charge in [0.25, 0.3) is 0 Å². The summed E-state index contributed by atoms with van der Waals surface area (Å²) in [5.74, 6) is -0.334. The minimum atomic E-state index is -0.334. The van der Waals surface area contributed by atoms with Crippen LogP contribution in [0.25, 0.3) is 11.3 Å². The van der Waals surface area contributed by atoms with E-state index in [9.17, 15) is 4.79 Å². The zero-order chi connectivity index (χ0) is 16.9. The zero-order valence-electron chi connectivity index (χ0n) is 13.9. The third kappa shape index (κ3) is 3.26. The molecule has 134 valence electrons. The molecule has 0 aliphatic heterocycles. The fourth-order valence-corrected chi connectivity index (χ4v) is 3.41. The highest BCUT2D eigenvalue weighted by atomic mass is 35.5. The highest BCUT2D eigenvalue weighted by molar-refractivity contribution is 6.29. The number of pyridine rings is 1. The number of hydrogen-bond donors (Lipinski definition) is 1. The molecule has 6 nitrogen and oxygen atoms in total. The van der Waals surface area contributed by atoms with Crippen LogP contribution in [0.4, 0.5) is 0 Å². The van der Waals surface area contributed by atoms with Crippen molar-refractivity contribution in [2.45, 2.75) is 44.7 Å². The van der Waals surface area contributed by atoms with Crippen molar-refractivity contribution in [3.63, 3.8) is 0 Å². The van der Waals surface area contributed by atoms with Crippen molar-refractivity contribution in [1.82, 2.24) is 14.8 Å². The Kier molecular flexibility index (Phi) is 4.79. The van der Waals surface area contributed by atoms with Crippen LogP contribution >= 0.6 is 24.0 Å². The second kappa shape index (κ2) is 6.59. The number of halogens is 2. The Morgan fingerprint density at radius 3 is 2.88 bits per heavy atom. The number of aryl methyl sites for hydroxylation is 1. The number of carbonyl (C=O) groups is 1. The van der Waals surface area contributed by atoms with Gasteiger partial charge in [-0.2, -0.15) is 5.10 Å². The lowest BCUT2D eigenvalue weighted by atomic mass is 9.90. The van der Waals surface area contributed by atoms with Crippen LogP contribution in [-0.4, -0.2) is 32.9 Å². The van der Waals surface area contributed by atoms with Crippen molar-refractivity contribution < 1.29 is 9.53 Å². The predicted molar refractivity (Wildman–Crippen MR) is 97.2 cm³/mol. The maximum absolute atomic E-state index is 12.5. The van der Waals surface area contributed by atoms with Crippen molar-refractivity contribution in [3.05, 3.63) is 34.2 Å². The highest BCUT2D eigenvalue weighted by Gasteiger charge is 2.41. The van der Waals surface area contributed by atoms with Gasteiger partial charge in [-0.15, -0.1) is 12.4 Å². The van der Waals surface area contributed by atoms with Gasteiger partial charge in [-0.25, -0.2) is 9.78 Å². The first-order chi connectivity index (χ1) is 11.5. The molecule has 0 unspecified atom stereocenters. The Morgan fingerprint density at radius 1 is 1.44 bits per heavy atom. The van der Waals surface area contributed by atoms with E-state index >= 15 is 0 Å². The number of ether oxygens (including phenoxy) is 1. The predicted octanol–water partition coefficient (Wildman–Crippen LogP) is 2.79. The topological polar surface area (TPSA) is 83.0 Å². The molecule has 0 amide bonds. The summed E-state index contributed by atoms with van der Waals surface area (Å²) in [6.07, 6.45) is 5.23. The van der Waals surface area contributed by atoms with E-state index in [-0.39, 0.29) is 23.9 Å². The average Bonchev–Trinajstić information content (AvgIpc) is 3.15. The number of fused-ring (bicyclic) bond motifs is 3. The molecule has 0 spiro atoms. The lowest BCUT2D eigenvalue weighted by Gasteiger charge is -2.15. The molecule has 1 saturated carbocycles. The molecular weight excluding hydrogens is 363 g/mol. The molecular formula is C17H20Cl2N4O2. The Hall–Kier alpha value is -1.63. The molecule has 0 saturated heterocycles. The third-order valence-corrected chi connectivity index (χ3v) is 4.94. The number of nitrogens with two attached hydrogens (primary N) is 1. The van der Waals surface area contributed by atoms with Gasteiger partial charge in [0.1, 0.15) is 10.8 Å². The summed E-state index contributed by atoms with van der Waals surface area (Å²) >= 11 is 6.06. The molecule has 2 heterocycles. The number of carbonyl (C=O) groups excluding carboxylic acids is 1. The van der Waals surface area contributed by atoms with Gasteiger partial charge in [0.2, 0.25) is 0 Å². The summed E-state index contributed by atoms with van der Waals surface area (Å²) in [6.45, 7) is 2.66. The van der Waals surface area contributed by atoms with E-state index in [0.717, 1.165) is 48.1 Å². The lowest BCUT2D eigenvalue weighted by molar-refractivity contribution is 0.0509. The smallest absolute Gasteiger partial charge is 0.356 e. The van der Waals surface area contributed by atoms with Crippen LogP contribution < -0.4 is 5.73 Å². The van der Waals surface area contributed by atoms with Gasteiger partial charge in [-0.1, -0.05) is 11.6 Å². The van der Waals surface area contributed by atoms with Gasteiger partial charge in [0, 0.05) is 22.9 Å². The average molecular weight is 383 g/mol. The fourth-order valence-electron chi connectivity index (χ4n) is 3.25. The molecule has 2 N–H and O–H groups in total. The van der Waals surface area contributed by atoms with Crippen LogP contribution in [0.15, 0.2) is 12.3 Å². The maximum Gasteiger partial charge on any atom is 0.356 e. The molecule has 2 aliphatic carbocycles. The number of aromatic nitrogens is 3. The molecule has 8 heteroatoms. The second-order valence-corrected chi connectivity index (χ2v) is 6.97. The van der Waals surface area contributed by atoms with Crippen LogP contribution in [0.1, 0.15) is 41.4 Å². The highest BCUT2D eigenvalue weighted by Crippen LogP contribution is 2.38. The van der Waals surface area contributed by atoms with E-state index in [2.05, 4.69) is 4.98 Å². The molecule has 2 aromatic rings. The Labute approximate surface area is 157 Å². The quantitative estimate of drug-likeness (QED) is 0.649. The van der Waals surface area contributed by atoms with Gasteiger partial charge in [-0.3, -0.25) is 4.68 Å². The summed E-state index contributed by atoms with van der Waals surface area (Å²) in [6, 6.07) is 1.82. The van der Waals surface area contributed by atoms with Gasteiger partial charge in [-0.05, 0) is 44.2 Å². The lowest BCUT2D eigenvalue weighted by Crippen LogP contribution is -2.30. The van der Waals surface area contributed by atoms with Gasteiger partial charge in [0.15, 0.2) is 0 Å². The molecule has 0 atom stereocenters. The summed E-state index contributed by atoms with van der Waals surface area (Å²) < 4.78 is 7.00. The van der Waals surface area contributed by atoms with Crippen molar-refractivity contribution >= 4 is 30.0 Å². The van der Waals surface area contributed by atoms with E-state index in [1.54, 1.807) is 17.8 Å². The number of nitrogens with zero attached hydrogens (tertiary/aromatic N) is 3. The molecule has 0 bridgehead atoms. The standard InChI is InChI=1S/C17H19ClN4O2.ClH/c1-2-24-16(23)15-11-4-3-10-8-20-13(18)7-12(10)14(11)21-22(15)9-17(19)5-6-17;/h7-8H,2-6,9,19H2,1H3;1H. The van der Waals surface area contributed by atoms with Crippen molar-refractivity contribution in [1.29, 1.82) is 0 Å². The number of esters is 1. The number of rotatable bonds is 4.